The molecule has 1 aromatic heterocycles. The Hall–Kier alpha value is -4.51. The van der Waals surface area contributed by atoms with Gasteiger partial charge in [-0.15, -0.1) is 10.2 Å². The number of anilines is 2. The Balaban J connectivity index is 1.36. The molecule has 0 saturated carbocycles. The third-order valence-corrected chi connectivity index (χ3v) is 8.94. The number of nitro benzene ring substituents is 1. The Kier molecular flexibility index (Phi) is 8.67. The molecule has 2 aromatic carbocycles. The molecule has 1 aliphatic carbocycles. The molecule has 11 nitrogen and oxygen atoms in total. The van der Waals surface area contributed by atoms with Gasteiger partial charge in [0.1, 0.15) is 10.8 Å². The van der Waals surface area contributed by atoms with Gasteiger partial charge in [-0.05, 0) is 30.5 Å². The molecule has 0 fully saturated rings. The number of hydrogen-bond donors (Lipinski definition) is 2. The van der Waals surface area contributed by atoms with Crippen LogP contribution < -0.4 is 16.0 Å². The fourth-order valence-electron chi connectivity index (χ4n) is 4.72. The highest BCUT2D eigenvalue weighted by Gasteiger charge is 2.39. The van der Waals surface area contributed by atoms with Crippen LogP contribution in [-0.2, 0) is 9.59 Å². The molecule has 0 radical (unpaired) electrons. The number of aromatic nitrogens is 2. The summed E-state index contributed by atoms with van der Waals surface area (Å²) in [5.41, 5.74) is 8.88. The number of benzene rings is 2. The van der Waals surface area contributed by atoms with E-state index in [1.165, 1.54) is 29.5 Å². The van der Waals surface area contributed by atoms with E-state index in [1.54, 1.807) is 4.90 Å². The number of hydrogen-bond acceptors (Lipinski definition) is 11. The molecule has 2 aliphatic rings. The van der Waals surface area contributed by atoms with E-state index in [4.69, 9.17) is 17.3 Å². The van der Waals surface area contributed by atoms with Crippen LogP contribution >= 0.6 is 34.7 Å². The van der Waals surface area contributed by atoms with Crippen molar-refractivity contribution in [3.63, 3.8) is 0 Å². The summed E-state index contributed by atoms with van der Waals surface area (Å²) in [7, 11) is 0. The molecule has 1 atom stereocenters. The molecule has 3 aromatic rings. The van der Waals surface area contributed by atoms with Crippen molar-refractivity contribution in [3.8, 4) is 6.07 Å². The van der Waals surface area contributed by atoms with E-state index < -0.39 is 16.7 Å². The predicted octanol–water partition coefficient (Wildman–Crippen LogP) is 5.68. The summed E-state index contributed by atoms with van der Waals surface area (Å²) < 4.78 is 0.462. The summed E-state index contributed by atoms with van der Waals surface area (Å²) in [5, 5.41) is 32.6. The first-order valence-corrected chi connectivity index (χ1v) is 14.8. The second-order valence-electron chi connectivity index (χ2n) is 9.24. The molecule has 0 bridgehead atoms. The molecule has 2 heterocycles. The number of nitrogens with one attached hydrogen (secondary N) is 1. The van der Waals surface area contributed by atoms with Crippen LogP contribution in [0.5, 0.6) is 0 Å². The third kappa shape index (κ3) is 6.06. The van der Waals surface area contributed by atoms with Crippen LogP contribution in [0.1, 0.15) is 24.8 Å². The van der Waals surface area contributed by atoms with Gasteiger partial charge in [-0.25, -0.2) is 0 Å². The molecule has 1 amide bonds. The van der Waals surface area contributed by atoms with Crippen LogP contribution in [-0.4, -0.2) is 32.6 Å². The Labute approximate surface area is 253 Å². The number of thioether (sulfide) groups is 1. The topological polar surface area (TPSA) is 168 Å². The Bertz CT molecular complexity index is 1710. The Morgan fingerprint density at radius 3 is 2.81 bits per heavy atom. The maximum Gasteiger partial charge on any atom is 0.289 e. The van der Waals surface area contributed by atoms with Gasteiger partial charge in [0.25, 0.3) is 5.69 Å². The summed E-state index contributed by atoms with van der Waals surface area (Å²) in [4.78, 5) is 37.8. The number of allylic oxidation sites excluding steroid dienone is 4. The molecular weight excluding hydrogens is 598 g/mol. The first-order chi connectivity index (χ1) is 20.3. The summed E-state index contributed by atoms with van der Waals surface area (Å²) in [6, 6.07) is 15.8. The molecule has 212 valence electrons. The second-order valence-corrected chi connectivity index (χ2v) is 11.8. The molecule has 0 spiro atoms. The van der Waals surface area contributed by atoms with E-state index in [2.05, 4.69) is 21.6 Å². The van der Waals surface area contributed by atoms with Gasteiger partial charge in [0.2, 0.25) is 11.0 Å². The Morgan fingerprint density at radius 2 is 2.07 bits per heavy atom. The number of Topliss-reactive ketones (excluding diaryl/α,β-unsaturated/α-hetero) is 1. The number of rotatable bonds is 8. The van der Waals surface area contributed by atoms with E-state index >= 15 is 0 Å². The quantitative estimate of drug-likeness (QED) is 0.182. The van der Waals surface area contributed by atoms with Crippen LogP contribution in [0.2, 0.25) is 5.02 Å². The molecule has 42 heavy (non-hydrogen) atoms. The van der Waals surface area contributed by atoms with E-state index in [0.717, 1.165) is 17.3 Å². The van der Waals surface area contributed by atoms with Gasteiger partial charge in [-0.1, -0.05) is 77.2 Å². The van der Waals surface area contributed by atoms with Crippen molar-refractivity contribution in [1.29, 1.82) is 5.26 Å². The lowest BCUT2D eigenvalue weighted by molar-refractivity contribution is -0.384. The summed E-state index contributed by atoms with van der Waals surface area (Å²) >= 11 is 8.13. The van der Waals surface area contributed by atoms with Crippen molar-refractivity contribution in [3.05, 3.63) is 98.0 Å². The lowest BCUT2D eigenvalue weighted by Crippen LogP contribution is -2.39. The van der Waals surface area contributed by atoms with E-state index in [9.17, 15) is 25.0 Å². The van der Waals surface area contributed by atoms with Gasteiger partial charge >= 0.3 is 0 Å². The number of ketones is 1. The average Bonchev–Trinajstić information content (AvgIpc) is 3.44. The van der Waals surface area contributed by atoms with Crippen LogP contribution in [0.15, 0.2) is 81.6 Å². The monoisotopic (exact) mass is 619 g/mol. The van der Waals surface area contributed by atoms with Gasteiger partial charge in [0, 0.05) is 35.4 Å². The van der Waals surface area contributed by atoms with E-state index in [-0.39, 0.29) is 39.3 Å². The number of carbonyl (C=O) groups is 2. The minimum Gasteiger partial charge on any atom is -0.384 e. The molecular formula is C28H22ClN7O4S2. The number of halogens is 1. The smallest absolute Gasteiger partial charge is 0.289 e. The molecule has 0 saturated heterocycles. The maximum atomic E-state index is 13.2. The normalized spacial score (nSPS) is 16.9. The number of nitriles is 1. The van der Waals surface area contributed by atoms with Crippen molar-refractivity contribution >= 4 is 69.0 Å². The highest BCUT2D eigenvalue weighted by molar-refractivity contribution is 8.01. The van der Waals surface area contributed by atoms with Crippen LogP contribution in [0.4, 0.5) is 16.5 Å². The van der Waals surface area contributed by atoms with Crippen molar-refractivity contribution in [2.75, 3.05) is 16.0 Å². The van der Waals surface area contributed by atoms with Gasteiger partial charge in [0.15, 0.2) is 10.1 Å². The first kappa shape index (κ1) is 29.0. The largest absolute Gasteiger partial charge is 0.384 e. The van der Waals surface area contributed by atoms with Crippen molar-refractivity contribution in [2.45, 2.75) is 23.6 Å². The highest BCUT2D eigenvalue weighted by Crippen LogP contribution is 2.44. The maximum absolute atomic E-state index is 13.2. The predicted molar refractivity (Wildman–Crippen MR) is 162 cm³/mol. The Morgan fingerprint density at radius 1 is 1.29 bits per heavy atom. The van der Waals surface area contributed by atoms with Gasteiger partial charge < -0.3 is 11.1 Å². The third-order valence-electron chi connectivity index (χ3n) is 6.58. The number of carbonyl (C=O) groups excluding carboxylic acids is 2. The number of nitro groups is 1. The minimum atomic E-state index is -0.628. The van der Waals surface area contributed by atoms with Gasteiger partial charge in [-0.2, -0.15) is 5.26 Å². The van der Waals surface area contributed by atoms with E-state index in [0.29, 0.717) is 40.0 Å². The SMILES string of the molecule is N#CC1=C(N)N(c2nnc(SCC(=O)Nc3ccc(Cl)c([N+](=O)[O-])c3)s2)C2=C(C(=O)CCC2)C1/C=C/c1ccccc1. The number of amides is 1. The molecule has 1 unspecified atom stereocenters. The highest BCUT2D eigenvalue weighted by atomic mass is 35.5. The zero-order valence-electron chi connectivity index (χ0n) is 21.8. The molecule has 14 heteroatoms. The first-order valence-electron chi connectivity index (χ1n) is 12.7. The fraction of sp³-hybridized carbons (Fsp3) is 0.179. The van der Waals surface area contributed by atoms with E-state index in [1.807, 2.05) is 42.5 Å². The summed E-state index contributed by atoms with van der Waals surface area (Å²) in [5.74, 6) is -0.888. The lowest BCUT2D eigenvalue weighted by atomic mass is 9.79. The van der Waals surface area contributed by atoms with Crippen molar-refractivity contribution < 1.29 is 14.5 Å². The molecule has 5 rings (SSSR count). The number of nitrogens with two attached hydrogens (primary N) is 1. The van der Waals surface area contributed by atoms with Gasteiger partial charge in [0.05, 0.1) is 22.3 Å². The number of nitrogens with zero attached hydrogens (tertiary/aromatic N) is 5. The van der Waals surface area contributed by atoms with Crippen molar-refractivity contribution in [1.82, 2.24) is 10.2 Å². The lowest BCUT2D eigenvalue weighted by Gasteiger charge is -2.37. The summed E-state index contributed by atoms with van der Waals surface area (Å²) in [6.45, 7) is 0. The zero-order valence-corrected chi connectivity index (χ0v) is 24.2. The zero-order chi connectivity index (χ0) is 29.8. The minimum absolute atomic E-state index is 0.0316. The standard InChI is InChI=1S/C28H22ClN7O4S2/c29-20-12-10-17(13-22(20)36(39)40)32-24(38)15-41-28-34-33-27(42-28)35-21-7-4-8-23(37)25(21)18(19(14-30)26(35)31)11-9-16-5-2-1-3-6-16/h1-3,5-6,9-13,18H,4,7-8,15,31H2,(H,32,38)/b11-9+. The van der Waals surface area contributed by atoms with Crippen LogP contribution in [0.3, 0.4) is 0 Å². The molecule has 3 N–H and O–H groups in total. The van der Waals surface area contributed by atoms with Crippen molar-refractivity contribution in [2.24, 2.45) is 11.7 Å². The fourth-order valence-corrected chi connectivity index (χ4v) is 6.58. The summed E-state index contributed by atoms with van der Waals surface area (Å²) in [6.07, 6.45) is 5.32. The second kappa shape index (κ2) is 12.6. The van der Waals surface area contributed by atoms with Crippen LogP contribution in [0.25, 0.3) is 6.08 Å². The van der Waals surface area contributed by atoms with Gasteiger partial charge in [-0.3, -0.25) is 24.6 Å². The average molecular weight is 620 g/mol. The van der Waals surface area contributed by atoms with Crippen LogP contribution in [0, 0.1) is 27.4 Å². The molecule has 1 aliphatic heterocycles.